The minimum absolute atomic E-state index is 0.122. The lowest BCUT2D eigenvalue weighted by molar-refractivity contribution is 0.102. The van der Waals surface area contributed by atoms with E-state index in [1.807, 2.05) is 4.90 Å². The van der Waals surface area contributed by atoms with E-state index < -0.39 is 5.56 Å². The number of alkyl carbamates (subject to hydrolysis) is 1. The number of halogens is 1. The molecule has 1 saturated heterocycles. The Balaban J connectivity index is 1.31. The zero-order chi connectivity index (χ0) is 16.7. The Morgan fingerprint density at radius 2 is 2.25 bits per heavy atom. The molecule has 130 valence electrons. The van der Waals surface area contributed by atoms with E-state index in [1.165, 1.54) is 25.5 Å². The molecule has 0 aromatic carbocycles. The molecule has 1 aromatic heterocycles. The molecule has 1 aliphatic heterocycles. The minimum atomic E-state index is -0.410. The molecule has 2 heterocycles. The third-order valence-electron chi connectivity index (χ3n) is 5.58. The van der Waals surface area contributed by atoms with Crippen molar-refractivity contribution in [1.82, 2.24) is 15.5 Å². The predicted octanol–water partition coefficient (Wildman–Crippen LogP) is 1.92. The Kier molecular flexibility index (Phi) is 4.12. The van der Waals surface area contributed by atoms with Crippen LogP contribution in [0.5, 0.6) is 0 Å². The summed E-state index contributed by atoms with van der Waals surface area (Å²) in [7, 11) is 0. The highest BCUT2D eigenvalue weighted by Gasteiger charge is 2.40. The van der Waals surface area contributed by atoms with E-state index in [4.69, 9.17) is 16.3 Å². The topological polar surface area (TPSA) is 87.3 Å². The summed E-state index contributed by atoms with van der Waals surface area (Å²) in [6.07, 6.45) is 6.59. The highest BCUT2D eigenvalue weighted by atomic mass is 35.5. The van der Waals surface area contributed by atoms with Gasteiger partial charge >= 0.3 is 6.09 Å². The van der Waals surface area contributed by atoms with Crippen molar-refractivity contribution in [2.24, 2.45) is 11.8 Å². The van der Waals surface area contributed by atoms with E-state index in [9.17, 15) is 9.59 Å². The molecule has 4 atom stereocenters. The summed E-state index contributed by atoms with van der Waals surface area (Å²) in [6.45, 7) is 1.20. The van der Waals surface area contributed by atoms with Gasteiger partial charge in [0.05, 0.1) is 18.4 Å². The maximum atomic E-state index is 12.2. The average molecular weight is 353 g/mol. The Morgan fingerprint density at radius 1 is 1.38 bits per heavy atom. The van der Waals surface area contributed by atoms with Crippen LogP contribution < -0.4 is 15.8 Å². The lowest BCUT2D eigenvalue weighted by atomic mass is 9.96. The van der Waals surface area contributed by atoms with Gasteiger partial charge in [-0.05, 0) is 31.1 Å². The fourth-order valence-electron chi connectivity index (χ4n) is 4.40. The molecule has 2 aliphatic carbocycles. The van der Waals surface area contributed by atoms with Crippen LogP contribution >= 0.6 is 11.6 Å². The van der Waals surface area contributed by atoms with Gasteiger partial charge in [0.15, 0.2) is 0 Å². The highest BCUT2D eigenvalue weighted by Crippen LogP contribution is 2.44. The number of carbonyl (C=O) groups excluding carboxylic acids is 1. The average Bonchev–Trinajstić information content (AvgIpc) is 3.27. The van der Waals surface area contributed by atoms with E-state index in [0.717, 1.165) is 12.3 Å². The van der Waals surface area contributed by atoms with E-state index >= 15 is 0 Å². The number of aromatic amines is 1. The smallest absolute Gasteiger partial charge is 0.407 e. The van der Waals surface area contributed by atoms with E-state index in [0.29, 0.717) is 31.1 Å². The molecular formula is C16H21ClN4O3. The normalized spacial score (nSPS) is 31.5. The number of hydrogen-bond acceptors (Lipinski definition) is 5. The predicted molar refractivity (Wildman–Crippen MR) is 89.3 cm³/mol. The number of carbonyl (C=O) groups is 1. The quantitative estimate of drug-likeness (QED) is 0.867. The molecule has 0 radical (unpaired) electrons. The Morgan fingerprint density at radius 3 is 3.00 bits per heavy atom. The van der Waals surface area contributed by atoms with Crippen molar-refractivity contribution in [3.63, 3.8) is 0 Å². The van der Waals surface area contributed by atoms with Gasteiger partial charge in [0.2, 0.25) is 0 Å². The minimum Gasteiger partial charge on any atom is -0.444 e. The first-order valence-corrected chi connectivity index (χ1v) is 8.93. The summed E-state index contributed by atoms with van der Waals surface area (Å²) in [4.78, 5) is 25.6. The van der Waals surface area contributed by atoms with Crippen molar-refractivity contribution < 1.29 is 9.53 Å². The molecule has 3 aliphatic rings. The SMILES string of the molecule is O=C(NC1CC2CCC1C2)OC1CCN(c2cn[nH]c(=O)c2Cl)C1. The first-order valence-electron chi connectivity index (χ1n) is 8.55. The van der Waals surface area contributed by atoms with Crippen molar-refractivity contribution in [3.05, 3.63) is 21.6 Å². The Labute approximate surface area is 144 Å². The van der Waals surface area contributed by atoms with Crippen LogP contribution in [0, 0.1) is 11.8 Å². The van der Waals surface area contributed by atoms with Gasteiger partial charge < -0.3 is 15.0 Å². The molecule has 2 bridgehead atoms. The standard InChI is InChI=1S/C16H21ClN4O3/c17-14-13(7-18-20-15(14)22)21-4-3-11(8-21)24-16(23)19-12-6-9-1-2-10(12)5-9/h7,9-12H,1-6,8H2,(H,19,23)(H,20,22). The molecule has 3 fully saturated rings. The number of nitrogens with one attached hydrogen (secondary N) is 2. The Bertz CT molecular complexity index is 694. The van der Waals surface area contributed by atoms with Crippen molar-refractivity contribution in [2.75, 3.05) is 18.0 Å². The first-order chi connectivity index (χ1) is 11.6. The monoisotopic (exact) mass is 352 g/mol. The van der Waals surface area contributed by atoms with Gasteiger partial charge in [-0.1, -0.05) is 18.0 Å². The largest absolute Gasteiger partial charge is 0.444 e. The third kappa shape index (κ3) is 2.97. The zero-order valence-electron chi connectivity index (χ0n) is 13.3. The highest BCUT2D eigenvalue weighted by molar-refractivity contribution is 6.33. The fourth-order valence-corrected chi connectivity index (χ4v) is 4.61. The van der Waals surface area contributed by atoms with Crippen LogP contribution in [0.1, 0.15) is 32.1 Å². The summed E-state index contributed by atoms with van der Waals surface area (Å²) in [5, 5.41) is 9.24. The molecule has 0 spiro atoms. The van der Waals surface area contributed by atoms with Crippen LogP contribution in [0.15, 0.2) is 11.0 Å². The number of rotatable bonds is 3. The fraction of sp³-hybridized carbons (Fsp3) is 0.688. The molecule has 8 heteroatoms. The molecular weight excluding hydrogens is 332 g/mol. The van der Waals surface area contributed by atoms with Crippen molar-refractivity contribution >= 4 is 23.4 Å². The second-order valence-corrected chi connectivity index (χ2v) is 7.46. The van der Waals surface area contributed by atoms with Crippen LogP contribution in [0.4, 0.5) is 10.5 Å². The molecule has 2 N–H and O–H groups in total. The van der Waals surface area contributed by atoms with Crippen LogP contribution in [-0.2, 0) is 4.74 Å². The lowest BCUT2D eigenvalue weighted by Gasteiger charge is -2.24. The summed E-state index contributed by atoms with van der Waals surface area (Å²) < 4.78 is 5.56. The summed E-state index contributed by atoms with van der Waals surface area (Å²) in [5.41, 5.74) is 0.174. The van der Waals surface area contributed by atoms with Gasteiger partial charge in [0.1, 0.15) is 11.1 Å². The summed E-state index contributed by atoms with van der Waals surface area (Å²) in [5.74, 6) is 1.41. The maximum absolute atomic E-state index is 12.2. The van der Waals surface area contributed by atoms with Gasteiger partial charge in [-0.3, -0.25) is 4.79 Å². The number of ether oxygens (including phenoxy) is 1. The lowest BCUT2D eigenvalue weighted by Crippen LogP contribution is -2.40. The number of hydrogen-bond donors (Lipinski definition) is 2. The molecule has 1 aromatic rings. The van der Waals surface area contributed by atoms with E-state index in [-0.39, 0.29) is 23.3 Å². The number of anilines is 1. The third-order valence-corrected chi connectivity index (χ3v) is 5.94. The second kappa shape index (κ2) is 6.27. The van der Waals surface area contributed by atoms with Gasteiger partial charge in [0, 0.05) is 19.0 Å². The molecule has 4 rings (SSSR count). The molecule has 7 nitrogen and oxygen atoms in total. The van der Waals surface area contributed by atoms with Crippen LogP contribution in [0.2, 0.25) is 5.02 Å². The van der Waals surface area contributed by atoms with Crippen LogP contribution in [0.3, 0.4) is 0 Å². The molecule has 24 heavy (non-hydrogen) atoms. The van der Waals surface area contributed by atoms with E-state index in [2.05, 4.69) is 15.5 Å². The first kappa shape index (κ1) is 15.7. The molecule has 2 saturated carbocycles. The number of fused-ring (bicyclic) bond motifs is 2. The van der Waals surface area contributed by atoms with Crippen LogP contribution in [0.25, 0.3) is 0 Å². The molecule has 4 unspecified atom stereocenters. The summed E-state index contributed by atoms with van der Waals surface area (Å²) >= 11 is 6.03. The van der Waals surface area contributed by atoms with Crippen molar-refractivity contribution in [2.45, 2.75) is 44.2 Å². The zero-order valence-corrected chi connectivity index (χ0v) is 14.1. The second-order valence-electron chi connectivity index (χ2n) is 7.09. The van der Waals surface area contributed by atoms with Gasteiger partial charge in [0.25, 0.3) is 5.56 Å². The maximum Gasteiger partial charge on any atom is 0.407 e. The number of amides is 1. The number of aromatic nitrogens is 2. The Hall–Kier alpha value is -1.76. The van der Waals surface area contributed by atoms with Gasteiger partial charge in [-0.25, -0.2) is 9.89 Å². The van der Waals surface area contributed by atoms with Crippen molar-refractivity contribution in [1.29, 1.82) is 0 Å². The van der Waals surface area contributed by atoms with Gasteiger partial charge in [-0.2, -0.15) is 5.10 Å². The van der Waals surface area contributed by atoms with E-state index in [1.54, 1.807) is 0 Å². The summed E-state index contributed by atoms with van der Waals surface area (Å²) in [6, 6.07) is 0.278. The van der Waals surface area contributed by atoms with Crippen LogP contribution in [-0.4, -0.2) is 41.5 Å². The number of nitrogens with zero attached hydrogens (tertiary/aromatic N) is 2. The number of H-pyrrole nitrogens is 1. The van der Waals surface area contributed by atoms with Crippen molar-refractivity contribution in [3.8, 4) is 0 Å². The molecule has 1 amide bonds. The van der Waals surface area contributed by atoms with Gasteiger partial charge in [-0.15, -0.1) is 0 Å².